The number of anilines is 2. The molecule has 0 bridgehead atoms. The summed E-state index contributed by atoms with van der Waals surface area (Å²) in [7, 11) is -3.66. The molecular weight excluding hydrogens is 412 g/mol. The van der Waals surface area contributed by atoms with Crippen LogP contribution in [0, 0.1) is 6.92 Å². The molecule has 6 nitrogen and oxygen atoms in total. The standard InChI is InChI=1S/C24H24N2O4S/c1-17-7-3-6-10-23(17)30-18(2)24(27)25-20-11-13-21(14-12-20)31(28,29)26-16-15-19-8-4-5-9-22(19)26/h3-14,18H,15-16H2,1-2H3,(H,25,27). The van der Waals surface area contributed by atoms with Crippen molar-refractivity contribution in [3.05, 3.63) is 83.9 Å². The second-order valence-corrected chi connectivity index (χ2v) is 9.36. The molecule has 1 N–H and O–H groups in total. The zero-order valence-corrected chi connectivity index (χ0v) is 18.2. The molecular formula is C24H24N2O4S. The van der Waals surface area contributed by atoms with E-state index in [1.54, 1.807) is 19.1 Å². The molecule has 1 unspecified atom stereocenters. The highest BCUT2D eigenvalue weighted by Crippen LogP contribution is 2.32. The number of sulfonamides is 1. The van der Waals surface area contributed by atoms with Gasteiger partial charge >= 0.3 is 0 Å². The van der Waals surface area contributed by atoms with E-state index in [1.807, 2.05) is 55.5 Å². The minimum Gasteiger partial charge on any atom is -0.481 e. The van der Waals surface area contributed by atoms with E-state index in [-0.39, 0.29) is 10.8 Å². The molecule has 0 aromatic heterocycles. The topological polar surface area (TPSA) is 75.7 Å². The van der Waals surface area contributed by atoms with Crippen LogP contribution in [0.3, 0.4) is 0 Å². The Morgan fingerprint density at radius 3 is 2.42 bits per heavy atom. The van der Waals surface area contributed by atoms with E-state index in [0.717, 1.165) is 16.8 Å². The van der Waals surface area contributed by atoms with Gasteiger partial charge in [0.15, 0.2) is 6.10 Å². The Morgan fingerprint density at radius 1 is 1.00 bits per heavy atom. The van der Waals surface area contributed by atoms with Crippen molar-refractivity contribution < 1.29 is 17.9 Å². The fourth-order valence-electron chi connectivity index (χ4n) is 3.57. The van der Waals surface area contributed by atoms with Crippen molar-refractivity contribution in [3.8, 4) is 5.75 Å². The van der Waals surface area contributed by atoms with Crippen molar-refractivity contribution in [2.75, 3.05) is 16.2 Å². The van der Waals surface area contributed by atoms with Gasteiger partial charge < -0.3 is 10.1 Å². The van der Waals surface area contributed by atoms with E-state index < -0.39 is 16.1 Å². The maximum atomic E-state index is 13.1. The van der Waals surface area contributed by atoms with Gasteiger partial charge in [-0.1, -0.05) is 36.4 Å². The van der Waals surface area contributed by atoms with Crippen LogP contribution in [0.4, 0.5) is 11.4 Å². The molecule has 31 heavy (non-hydrogen) atoms. The molecule has 0 saturated heterocycles. The average Bonchev–Trinajstić information content (AvgIpc) is 3.21. The molecule has 1 heterocycles. The maximum absolute atomic E-state index is 13.1. The van der Waals surface area contributed by atoms with Crippen LogP contribution in [0.15, 0.2) is 77.7 Å². The fourth-order valence-corrected chi connectivity index (χ4v) is 5.07. The number of fused-ring (bicyclic) bond motifs is 1. The van der Waals surface area contributed by atoms with Gasteiger partial charge in [-0.05, 0) is 67.8 Å². The van der Waals surface area contributed by atoms with Gasteiger partial charge in [-0.3, -0.25) is 9.10 Å². The van der Waals surface area contributed by atoms with Crippen LogP contribution in [-0.2, 0) is 21.2 Å². The first kappa shape index (κ1) is 20.9. The Kier molecular flexibility index (Phi) is 5.69. The molecule has 0 aliphatic carbocycles. The highest BCUT2D eigenvalue weighted by molar-refractivity contribution is 7.92. The summed E-state index contributed by atoms with van der Waals surface area (Å²) in [5, 5.41) is 2.77. The lowest BCUT2D eigenvalue weighted by Crippen LogP contribution is -2.30. The summed E-state index contributed by atoms with van der Waals surface area (Å²) in [4.78, 5) is 12.7. The SMILES string of the molecule is Cc1ccccc1OC(C)C(=O)Nc1ccc(S(=O)(=O)N2CCc3ccccc32)cc1. The van der Waals surface area contributed by atoms with Crippen molar-refractivity contribution >= 4 is 27.3 Å². The third-order valence-corrected chi connectivity index (χ3v) is 7.15. The monoisotopic (exact) mass is 436 g/mol. The number of nitrogens with zero attached hydrogens (tertiary/aromatic N) is 1. The number of hydrogen-bond donors (Lipinski definition) is 1. The normalized spacial score (nSPS) is 14.1. The van der Waals surface area contributed by atoms with Gasteiger partial charge in [0.2, 0.25) is 0 Å². The van der Waals surface area contributed by atoms with Crippen LogP contribution in [-0.4, -0.2) is 27.0 Å². The Labute approximate surface area is 182 Å². The largest absolute Gasteiger partial charge is 0.481 e. The van der Waals surface area contributed by atoms with Crippen molar-refractivity contribution in [1.82, 2.24) is 0 Å². The summed E-state index contributed by atoms with van der Waals surface area (Å²) in [5.74, 6) is 0.338. The minimum absolute atomic E-state index is 0.186. The first-order valence-corrected chi connectivity index (χ1v) is 11.5. The highest BCUT2D eigenvalue weighted by Gasteiger charge is 2.30. The summed E-state index contributed by atoms with van der Waals surface area (Å²) >= 11 is 0. The lowest BCUT2D eigenvalue weighted by molar-refractivity contribution is -0.122. The number of rotatable bonds is 6. The van der Waals surface area contributed by atoms with Crippen molar-refractivity contribution in [2.24, 2.45) is 0 Å². The van der Waals surface area contributed by atoms with Gasteiger partial charge in [0.05, 0.1) is 10.6 Å². The Balaban J connectivity index is 1.45. The van der Waals surface area contributed by atoms with Crippen LogP contribution in [0.1, 0.15) is 18.1 Å². The molecule has 4 rings (SSSR count). The van der Waals surface area contributed by atoms with E-state index in [2.05, 4.69) is 5.32 Å². The van der Waals surface area contributed by atoms with Gasteiger partial charge in [-0.25, -0.2) is 8.42 Å². The molecule has 1 atom stereocenters. The highest BCUT2D eigenvalue weighted by atomic mass is 32.2. The number of aryl methyl sites for hydroxylation is 1. The second kappa shape index (κ2) is 8.43. The zero-order valence-electron chi connectivity index (χ0n) is 17.4. The molecule has 3 aromatic rings. The molecule has 1 amide bonds. The molecule has 3 aromatic carbocycles. The van der Waals surface area contributed by atoms with Crippen LogP contribution < -0.4 is 14.4 Å². The number of para-hydroxylation sites is 2. The maximum Gasteiger partial charge on any atom is 0.265 e. The second-order valence-electron chi connectivity index (χ2n) is 7.50. The Hall–Kier alpha value is -3.32. The lowest BCUT2D eigenvalue weighted by atomic mass is 10.2. The summed E-state index contributed by atoms with van der Waals surface area (Å²) < 4.78 is 33.4. The summed E-state index contributed by atoms with van der Waals surface area (Å²) in [6.45, 7) is 4.01. The number of hydrogen-bond acceptors (Lipinski definition) is 4. The smallest absolute Gasteiger partial charge is 0.265 e. The van der Waals surface area contributed by atoms with E-state index in [4.69, 9.17) is 4.74 Å². The number of amides is 1. The molecule has 0 saturated carbocycles. The van der Waals surface area contributed by atoms with E-state index in [1.165, 1.54) is 16.4 Å². The van der Waals surface area contributed by atoms with Crippen LogP contribution >= 0.6 is 0 Å². The quantitative estimate of drug-likeness (QED) is 0.630. The zero-order chi connectivity index (χ0) is 22.0. The molecule has 160 valence electrons. The van der Waals surface area contributed by atoms with Crippen LogP contribution in [0.25, 0.3) is 0 Å². The first-order valence-electron chi connectivity index (χ1n) is 10.1. The number of benzene rings is 3. The van der Waals surface area contributed by atoms with Crippen molar-refractivity contribution in [1.29, 1.82) is 0 Å². The number of ether oxygens (including phenoxy) is 1. The van der Waals surface area contributed by atoms with Gasteiger partial charge in [0, 0.05) is 12.2 Å². The predicted molar refractivity (Wildman–Crippen MR) is 121 cm³/mol. The third kappa shape index (κ3) is 4.27. The number of carbonyl (C=O) groups is 1. The van der Waals surface area contributed by atoms with E-state index in [9.17, 15) is 13.2 Å². The Bertz CT molecular complexity index is 1210. The molecule has 1 aliphatic heterocycles. The van der Waals surface area contributed by atoms with Crippen molar-refractivity contribution in [2.45, 2.75) is 31.3 Å². The molecule has 7 heteroatoms. The molecule has 1 aliphatic rings. The van der Waals surface area contributed by atoms with Gasteiger partial charge in [0.1, 0.15) is 5.75 Å². The van der Waals surface area contributed by atoms with E-state index >= 15 is 0 Å². The van der Waals surface area contributed by atoms with Crippen LogP contribution in [0.2, 0.25) is 0 Å². The number of carbonyl (C=O) groups excluding carboxylic acids is 1. The number of nitrogens with one attached hydrogen (secondary N) is 1. The predicted octanol–water partition coefficient (Wildman–Crippen LogP) is 4.15. The first-order chi connectivity index (χ1) is 14.9. The summed E-state index contributed by atoms with van der Waals surface area (Å²) in [5.41, 5.74) is 3.20. The Morgan fingerprint density at radius 2 is 1.68 bits per heavy atom. The van der Waals surface area contributed by atoms with Crippen LogP contribution in [0.5, 0.6) is 5.75 Å². The average molecular weight is 437 g/mol. The molecule has 0 fully saturated rings. The van der Waals surface area contributed by atoms with Gasteiger partial charge in [-0.15, -0.1) is 0 Å². The minimum atomic E-state index is -3.66. The molecule has 0 radical (unpaired) electrons. The summed E-state index contributed by atoms with van der Waals surface area (Å²) in [6.07, 6.45) is -0.00639. The molecule has 0 spiro atoms. The van der Waals surface area contributed by atoms with Crippen molar-refractivity contribution in [3.63, 3.8) is 0 Å². The van der Waals surface area contributed by atoms with E-state index in [0.29, 0.717) is 24.4 Å². The van der Waals surface area contributed by atoms with Gasteiger partial charge in [-0.2, -0.15) is 0 Å². The third-order valence-electron chi connectivity index (χ3n) is 5.32. The fraction of sp³-hybridized carbons (Fsp3) is 0.208. The summed E-state index contributed by atoms with van der Waals surface area (Å²) in [6, 6.07) is 21.2. The lowest BCUT2D eigenvalue weighted by Gasteiger charge is -2.20. The van der Waals surface area contributed by atoms with Gasteiger partial charge in [0.25, 0.3) is 15.9 Å².